The van der Waals surface area contributed by atoms with Gasteiger partial charge in [-0.3, -0.25) is 4.98 Å². The number of aromatic nitrogens is 2. The zero-order valence-corrected chi connectivity index (χ0v) is 17.1. The van der Waals surface area contributed by atoms with Crippen molar-refractivity contribution < 1.29 is 9.31 Å². The van der Waals surface area contributed by atoms with E-state index in [2.05, 4.69) is 75.1 Å². The molecule has 0 amide bonds. The smallest absolute Gasteiger partial charge is 0.399 e. The van der Waals surface area contributed by atoms with E-state index < -0.39 is 7.12 Å². The molecule has 5 rings (SSSR count). The molecule has 4 nitrogen and oxygen atoms in total. The number of fused-ring (bicyclic) bond motifs is 2. The SMILES string of the molecule is CC1(C)OB(c2ccc3ccc(-c4cccc5cnccc45)nc3c2)OC1(C)C. The van der Waals surface area contributed by atoms with Gasteiger partial charge in [-0.25, -0.2) is 4.98 Å². The van der Waals surface area contributed by atoms with Crippen LogP contribution in [0.2, 0.25) is 0 Å². The lowest BCUT2D eigenvalue weighted by molar-refractivity contribution is 0.00578. The highest BCUT2D eigenvalue weighted by molar-refractivity contribution is 6.62. The average Bonchev–Trinajstić information content (AvgIpc) is 2.94. The van der Waals surface area contributed by atoms with Crippen LogP contribution in [0.3, 0.4) is 0 Å². The number of nitrogens with zero attached hydrogens (tertiary/aromatic N) is 2. The molecule has 1 fully saturated rings. The maximum Gasteiger partial charge on any atom is 0.494 e. The summed E-state index contributed by atoms with van der Waals surface area (Å²) < 4.78 is 12.4. The first kappa shape index (κ1) is 18.3. The largest absolute Gasteiger partial charge is 0.494 e. The first-order valence-electron chi connectivity index (χ1n) is 9.94. The van der Waals surface area contributed by atoms with Gasteiger partial charge >= 0.3 is 7.12 Å². The normalized spacial score (nSPS) is 17.9. The van der Waals surface area contributed by atoms with Gasteiger partial charge in [-0.05, 0) is 56.7 Å². The summed E-state index contributed by atoms with van der Waals surface area (Å²) in [6, 6.07) is 18.7. The van der Waals surface area contributed by atoms with Gasteiger partial charge < -0.3 is 9.31 Å². The molecule has 144 valence electrons. The Morgan fingerprint density at radius 1 is 0.828 bits per heavy atom. The van der Waals surface area contributed by atoms with Crippen LogP contribution in [-0.2, 0) is 9.31 Å². The van der Waals surface area contributed by atoms with Crippen molar-refractivity contribution in [2.75, 3.05) is 0 Å². The van der Waals surface area contributed by atoms with Gasteiger partial charge in [0, 0.05) is 28.7 Å². The van der Waals surface area contributed by atoms with Crippen molar-refractivity contribution in [3.05, 3.63) is 67.0 Å². The van der Waals surface area contributed by atoms with Crippen molar-refractivity contribution in [3.63, 3.8) is 0 Å². The summed E-state index contributed by atoms with van der Waals surface area (Å²) >= 11 is 0. The highest BCUT2D eigenvalue weighted by atomic mass is 16.7. The molecule has 1 saturated heterocycles. The molecule has 1 aliphatic rings. The molecule has 0 saturated carbocycles. The fourth-order valence-corrected chi connectivity index (χ4v) is 3.76. The van der Waals surface area contributed by atoms with Gasteiger partial charge in [0.05, 0.1) is 22.4 Å². The molecule has 2 aromatic carbocycles. The number of hydrogen-bond donors (Lipinski definition) is 0. The molecule has 0 spiro atoms. The molecular formula is C24H23BN2O2. The van der Waals surface area contributed by atoms with E-state index in [9.17, 15) is 0 Å². The van der Waals surface area contributed by atoms with E-state index in [-0.39, 0.29) is 11.2 Å². The monoisotopic (exact) mass is 382 g/mol. The first-order chi connectivity index (χ1) is 13.8. The summed E-state index contributed by atoms with van der Waals surface area (Å²) in [4.78, 5) is 9.20. The summed E-state index contributed by atoms with van der Waals surface area (Å²) in [5, 5.41) is 3.35. The van der Waals surface area contributed by atoms with Gasteiger partial charge in [0.25, 0.3) is 0 Å². The molecule has 0 atom stereocenters. The Morgan fingerprint density at radius 2 is 1.59 bits per heavy atom. The van der Waals surface area contributed by atoms with Gasteiger partial charge in [-0.2, -0.15) is 0 Å². The van der Waals surface area contributed by atoms with Crippen LogP contribution in [0.4, 0.5) is 0 Å². The van der Waals surface area contributed by atoms with Crippen LogP contribution in [0, 0.1) is 0 Å². The Hall–Kier alpha value is -2.76. The molecule has 4 aromatic rings. The van der Waals surface area contributed by atoms with E-state index in [1.54, 1.807) is 0 Å². The van der Waals surface area contributed by atoms with Crippen LogP contribution in [-0.4, -0.2) is 28.3 Å². The summed E-state index contributed by atoms with van der Waals surface area (Å²) in [6.07, 6.45) is 3.71. The minimum Gasteiger partial charge on any atom is -0.399 e. The lowest BCUT2D eigenvalue weighted by Gasteiger charge is -2.32. The number of rotatable bonds is 2. The van der Waals surface area contributed by atoms with Crippen LogP contribution in [0.5, 0.6) is 0 Å². The molecule has 5 heteroatoms. The van der Waals surface area contributed by atoms with Gasteiger partial charge in [0.15, 0.2) is 0 Å². The zero-order valence-electron chi connectivity index (χ0n) is 17.1. The van der Waals surface area contributed by atoms with E-state index in [4.69, 9.17) is 14.3 Å². The van der Waals surface area contributed by atoms with Crippen molar-refractivity contribution in [1.82, 2.24) is 9.97 Å². The zero-order chi connectivity index (χ0) is 20.2. The second-order valence-corrected chi connectivity index (χ2v) is 8.64. The fourth-order valence-electron chi connectivity index (χ4n) is 3.76. The molecule has 0 aliphatic carbocycles. The van der Waals surface area contributed by atoms with Crippen molar-refractivity contribution in [3.8, 4) is 11.3 Å². The Kier molecular flexibility index (Phi) is 4.02. The third-order valence-electron chi connectivity index (χ3n) is 6.20. The minimum absolute atomic E-state index is 0.362. The maximum absolute atomic E-state index is 6.21. The number of hydrogen-bond acceptors (Lipinski definition) is 4. The van der Waals surface area contributed by atoms with E-state index >= 15 is 0 Å². The molecule has 1 aliphatic heterocycles. The standard InChI is InChI=1S/C24H23BN2O2/c1-23(2)24(3,4)29-25(28-23)18-10-8-16-9-11-21(27-22(16)14-18)20-7-5-6-17-15-26-13-12-19(17)20/h5-15H,1-4H3. The Balaban J connectivity index is 1.59. The van der Waals surface area contributed by atoms with Crippen molar-refractivity contribution in [2.24, 2.45) is 0 Å². The van der Waals surface area contributed by atoms with Crippen molar-refractivity contribution in [1.29, 1.82) is 0 Å². The molecular weight excluding hydrogens is 359 g/mol. The lowest BCUT2D eigenvalue weighted by atomic mass is 9.78. The third-order valence-corrected chi connectivity index (χ3v) is 6.20. The van der Waals surface area contributed by atoms with Gasteiger partial charge in [-0.1, -0.05) is 36.4 Å². The van der Waals surface area contributed by atoms with Crippen LogP contribution in [0.25, 0.3) is 32.9 Å². The summed E-state index contributed by atoms with van der Waals surface area (Å²) in [7, 11) is -0.390. The minimum atomic E-state index is -0.390. The summed E-state index contributed by atoms with van der Waals surface area (Å²) in [6.45, 7) is 8.28. The maximum atomic E-state index is 6.21. The number of pyridine rings is 2. The highest BCUT2D eigenvalue weighted by Gasteiger charge is 2.51. The van der Waals surface area contributed by atoms with Gasteiger partial charge in [0.2, 0.25) is 0 Å². The van der Waals surface area contributed by atoms with Crippen molar-refractivity contribution in [2.45, 2.75) is 38.9 Å². The summed E-state index contributed by atoms with van der Waals surface area (Å²) in [5.74, 6) is 0. The summed E-state index contributed by atoms with van der Waals surface area (Å²) in [5.41, 5.74) is 3.24. The molecule has 0 unspecified atom stereocenters. The Morgan fingerprint density at radius 3 is 2.38 bits per heavy atom. The predicted octanol–water partition coefficient (Wildman–Crippen LogP) is 4.75. The van der Waals surface area contributed by atoms with Crippen LogP contribution >= 0.6 is 0 Å². The molecule has 0 radical (unpaired) electrons. The van der Waals surface area contributed by atoms with Gasteiger partial charge in [0.1, 0.15) is 0 Å². The molecule has 3 heterocycles. The van der Waals surface area contributed by atoms with Crippen LogP contribution in [0.1, 0.15) is 27.7 Å². The molecule has 29 heavy (non-hydrogen) atoms. The quantitative estimate of drug-likeness (QED) is 0.470. The Labute approximate surface area is 171 Å². The first-order valence-corrected chi connectivity index (χ1v) is 9.94. The fraction of sp³-hybridized carbons (Fsp3) is 0.250. The number of benzene rings is 2. The highest BCUT2D eigenvalue weighted by Crippen LogP contribution is 2.36. The average molecular weight is 382 g/mol. The topological polar surface area (TPSA) is 44.2 Å². The van der Waals surface area contributed by atoms with Crippen molar-refractivity contribution >= 4 is 34.3 Å². The second-order valence-electron chi connectivity index (χ2n) is 8.64. The van der Waals surface area contributed by atoms with Gasteiger partial charge in [-0.15, -0.1) is 0 Å². The lowest BCUT2D eigenvalue weighted by Crippen LogP contribution is -2.41. The van der Waals surface area contributed by atoms with E-state index in [0.717, 1.165) is 38.4 Å². The van der Waals surface area contributed by atoms with E-state index in [1.165, 1.54) is 0 Å². The van der Waals surface area contributed by atoms with E-state index in [1.807, 2.05) is 24.5 Å². The predicted molar refractivity (Wildman–Crippen MR) is 118 cm³/mol. The molecule has 2 aromatic heterocycles. The van der Waals surface area contributed by atoms with Crippen LogP contribution < -0.4 is 5.46 Å². The molecule has 0 N–H and O–H groups in total. The van der Waals surface area contributed by atoms with Crippen LogP contribution in [0.15, 0.2) is 67.0 Å². The van der Waals surface area contributed by atoms with E-state index in [0.29, 0.717) is 0 Å². The third kappa shape index (κ3) is 3.02. The second kappa shape index (κ2) is 6.38. The molecule has 0 bridgehead atoms. The Bertz CT molecular complexity index is 1210.